The first-order chi connectivity index (χ1) is 7.81. The minimum atomic E-state index is -0.0244. The van der Waals surface area contributed by atoms with Crippen molar-refractivity contribution in [3.8, 4) is 0 Å². The lowest BCUT2D eigenvalue weighted by molar-refractivity contribution is 0.00592. The molecule has 0 saturated carbocycles. The second-order valence-electron chi connectivity index (χ2n) is 4.25. The van der Waals surface area contributed by atoms with Crippen molar-refractivity contribution in [1.29, 1.82) is 0 Å². The summed E-state index contributed by atoms with van der Waals surface area (Å²) in [5.74, 6) is 0. The van der Waals surface area contributed by atoms with E-state index in [1.165, 1.54) is 0 Å². The molecule has 2 N–H and O–H groups in total. The Hall–Kier alpha value is -1.39. The van der Waals surface area contributed by atoms with Crippen LogP contribution in [0.2, 0.25) is 0 Å². The Labute approximate surface area is 94.0 Å². The quantitative estimate of drug-likeness (QED) is 0.789. The fourth-order valence-electron chi connectivity index (χ4n) is 2.31. The lowest BCUT2D eigenvalue weighted by Crippen LogP contribution is -2.29. The molecule has 0 fully saturated rings. The molecule has 4 heteroatoms. The smallest absolute Gasteiger partial charge is 0.112 e. The van der Waals surface area contributed by atoms with Crippen molar-refractivity contribution in [2.24, 2.45) is 5.73 Å². The number of hydrogen-bond donors (Lipinski definition) is 1. The number of benzene rings is 1. The molecule has 2 heterocycles. The molecule has 4 nitrogen and oxygen atoms in total. The molecule has 2 atom stereocenters. The van der Waals surface area contributed by atoms with Crippen LogP contribution in [0.4, 0.5) is 0 Å². The average molecular weight is 217 g/mol. The van der Waals surface area contributed by atoms with E-state index in [9.17, 15) is 0 Å². The monoisotopic (exact) mass is 217 g/mol. The van der Waals surface area contributed by atoms with E-state index in [2.05, 4.69) is 22.8 Å². The third-order valence-corrected chi connectivity index (χ3v) is 3.12. The lowest BCUT2D eigenvalue weighted by atomic mass is 10.1. The summed E-state index contributed by atoms with van der Waals surface area (Å²) in [5.41, 5.74) is 7.89. The molecule has 16 heavy (non-hydrogen) atoms. The summed E-state index contributed by atoms with van der Waals surface area (Å²) in [6.45, 7) is 3.30. The van der Waals surface area contributed by atoms with Gasteiger partial charge < -0.3 is 10.5 Å². The van der Waals surface area contributed by atoms with Crippen molar-refractivity contribution >= 4 is 10.9 Å². The zero-order chi connectivity index (χ0) is 11.1. The number of nitrogens with zero attached hydrogens (tertiary/aromatic N) is 2. The molecule has 0 spiro atoms. The summed E-state index contributed by atoms with van der Waals surface area (Å²) in [6.07, 6.45) is -0.0244. The second kappa shape index (κ2) is 3.57. The number of fused-ring (bicyclic) bond motifs is 3. The highest BCUT2D eigenvalue weighted by atomic mass is 16.5. The third-order valence-electron chi connectivity index (χ3n) is 3.12. The largest absolute Gasteiger partial charge is 0.368 e. The molecule has 0 amide bonds. The Morgan fingerprint density at radius 2 is 2.31 bits per heavy atom. The standard InChI is InChI=1S/C12H15N3O/c1-8-7-16-11(6-13)12-9-4-2-3-5-10(9)14-15(8)12/h2-5,8,11H,6-7,13H2,1H3/t8-,11+/m0/s1. The molecule has 1 aliphatic heterocycles. The van der Waals surface area contributed by atoms with Crippen LogP contribution in [0.25, 0.3) is 10.9 Å². The van der Waals surface area contributed by atoms with Crippen LogP contribution in [-0.4, -0.2) is 22.9 Å². The van der Waals surface area contributed by atoms with Crippen LogP contribution < -0.4 is 5.73 Å². The third kappa shape index (κ3) is 1.27. The molecule has 0 bridgehead atoms. The van der Waals surface area contributed by atoms with E-state index in [1.807, 2.05) is 18.2 Å². The molecule has 0 saturated heterocycles. The zero-order valence-corrected chi connectivity index (χ0v) is 9.26. The van der Waals surface area contributed by atoms with Gasteiger partial charge in [0.1, 0.15) is 6.10 Å². The van der Waals surface area contributed by atoms with Crippen molar-refractivity contribution in [3.63, 3.8) is 0 Å². The highest BCUT2D eigenvalue weighted by molar-refractivity contribution is 5.82. The average Bonchev–Trinajstić information content (AvgIpc) is 2.70. The first-order valence-electron chi connectivity index (χ1n) is 5.60. The SMILES string of the molecule is C[C@H]1CO[C@H](CN)c2c3ccccc3nn21. The van der Waals surface area contributed by atoms with Gasteiger partial charge in [0.25, 0.3) is 0 Å². The van der Waals surface area contributed by atoms with Crippen LogP contribution in [0.15, 0.2) is 24.3 Å². The summed E-state index contributed by atoms with van der Waals surface area (Å²) >= 11 is 0. The van der Waals surface area contributed by atoms with Gasteiger partial charge in [-0.2, -0.15) is 5.10 Å². The minimum absolute atomic E-state index is 0.0244. The van der Waals surface area contributed by atoms with Crippen molar-refractivity contribution in [3.05, 3.63) is 30.0 Å². The molecule has 1 aromatic carbocycles. The Morgan fingerprint density at radius 1 is 1.50 bits per heavy atom. The van der Waals surface area contributed by atoms with E-state index in [1.54, 1.807) is 0 Å². The molecular formula is C12H15N3O. The van der Waals surface area contributed by atoms with Crippen LogP contribution in [-0.2, 0) is 4.74 Å². The van der Waals surface area contributed by atoms with Gasteiger partial charge in [0, 0.05) is 11.9 Å². The first kappa shape index (κ1) is 9.81. The van der Waals surface area contributed by atoms with Gasteiger partial charge in [-0.05, 0) is 13.0 Å². The summed E-state index contributed by atoms with van der Waals surface area (Å²) in [6, 6.07) is 8.42. The van der Waals surface area contributed by atoms with Crippen molar-refractivity contribution in [2.75, 3.05) is 13.2 Å². The molecule has 1 aromatic heterocycles. The molecule has 0 aliphatic carbocycles. The van der Waals surface area contributed by atoms with Crippen LogP contribution in [0.5, 0.6) is 0 Å². The van der Waals surface area contributed by atoms with E-state index in [4.69, 9.17) is 10.5 Å². The first-order valence-corrected chi connectivity index (χ1v) is 5.60. The van der Waals surface area contributed by atoms with Crippen LogP contribution in [0, 0.1) is 0 Å². The Kier molecular flexibility index (Phi) is 2.19. The Balaban J connectivity index is 2.28. The lowest BCUT2D eigenvalue weighted by Gasteiger charge is -2.28. The van der Waals surface area contributed by atoms with E-state index >= 15 is 0 Å². The highest BCUT2D eigenvalue weighted by Gasteiger charge is 2.27. The number of hydrogen-bond acceptors (Lipinski definition) is 3. The van der Waals surface area contributed by atoms with E-state index in [-0.39, 0.29) is 12.1 Å². The normalized spacial score (nSPS) is 24.6. The van der Waals surface area contributed by atoms with Crippen molar-refractivity contribution in [2.45, 2.75) is 19.1 Å². The second-order valence-corrected chi connectivity index (χ2v) is 4.25. The molecule has 2 aromatic rings. The summed E-state index contributed by atoms with van der Waals surface area (Å²) < 4.78 is 7.81. The topological polar surface area (TPSA) is 53.1 Å². The van der Waals surface area contributed by atoms with Gasteiger partial charge in [-0.25, -0.2) is 0 Å². The number of aromatic nitrogens is 2. The molecule has 1 aliphatic rings. The summed E-state index contributed by atoms with van der Waals surface area (Å²) in [4.78, 5) is 0. The van der Waals surface area contributed by atoms with Gasteiger partial charge >= 0.3 is 0 Å². The number of rotatable bonds is 1. The van der Waals surface area contributed by atoms with Gasteiger partial charge in [0.05, 0.1) is 23.9 Å². The fraction of sp³-hybridized carbons (Fsp3) is 0.417. The molecule has 0 unspecified atom stereocenters. The van der Waals surface area contributed by atoms with Crippen molar-refractivity contribution in [1.82, 2.24) is 9.78 Å². The molecule has 0 radical (unpaired) electrons. The molecule has 3 rings (SSSR count). The van der Waals surface area contributed by atoms with Crippen molar-refractivity contribution < 1.29 is 4.74 Å². The summed E-state index contributed by atoms with van der Waals surface area (Å²) in [7, 11) is 0. The number of nitrogens with two attached hydrogens (primary N) is 1. The maximum Gasteiger partial charge on any atom is 0.112 e. The van der Waals surface area contributed by atoms with Crippen LogP contribution >= 0.6 is 0 Å². The van der Waals surface area contributed by atoms with Gasteiger partial charge in [-0.15, -0.1) is 0 Å². The summed E-state index contributed by atoms with van der Waals surface area (Å²) in [5, 5.41) is 5.77. The van der Waals surface area contributed by atoms with E-state index < -0.39 is 0 Å². The fourth-order valence-corrected chi connectivity index (χ4v) is 2.31. The molecular weight excluding hydrogens is 202 g/mol. The maximum absolute atomic E-state index is 5.75. The van der Waals surface area contributed by atoms with Crippen LogP contribution in [0.1, 0.15) is 24.8 Å². The highest BCUT2D eigenvalue weighted by Crippen LogP contribution is 2.32. The van der Waals surface area contributed by atoms with Gasteiger partial charge in [0.15, 0.2) is 0 Å². The zero-order valence-electron chi connectivity index (χ0n) is 9.26. The van der Waals surface area contributed by atoms with Gasteiger partial charge in [-0.3, -0.25) is 4.68 Å². The number of ether oxygens (including phenoxy) is 1. The van der Waals surface area contributed by atoms with Gasteiger partial charge in [0.2, 0.25) is 0 Å². The Bertz CT molecular complexity index is 520. The van der Waals surface area contributed by atoms with E-state index in [0.29, 0.717) is 13.2 Å². The maximum atomic E-state index is 5.75. The van der Waals surface area contributed by atoms with E-state index in [0.717, 1.165) is 16.6 Å². The predicted molar refractivity (Wildman–Crippen MR) is 62.2 cm³/mol. The Morgan fingerprint density at radius 3 is 3.12 bits per heavy atom. The van der Waals surface area contributed by atoms with Gasteiger partial charge in [-0.1, -0.05) is 18.2 Å². The van der Waals surface area contributed by atoms with Crippen LogP contribution in [0.3, 0.4) is 0 Å². The molecule has 84 valence electrons. The predicted octanol–water partition coefficient (Wildman–Crippen LogP) is 1.63. The minimum Gasteiger partial charge on any atom is -0.368 e.